The van der Waals surface area contributed by atoms with Crippen molar-refractivity contribution in [2.45, 2.75) is 45.6 Å². The van der Waals surface area contributed by atoms with Crippen LogP contribution in [0.2, 0.25) is 0 Å². The van der Waals surface area contributed by atoms with Gasteiger partial charge in [0.25, 0.3) is 0 Å². The average molecular weight is 203 g/mol. The van der Waals surface area contributed by atoms with Gasteiger partial charge in [-0.15, -0.1) is 0 Å². The van der Waals surface area contributed by atoms with Gasteiger partial charge >= 0.3 is 0 Å². The second-order valence-electron chi connectivity index (χ2n) is 5.22. The summed E-state index contributed by atoms with van der Waals surface area (Å²) < 4.78 is 0. The van der Waals surface area contributed by atoms with Crippen molar-refractivity contribution in [2.75, 3.05) is 0 Å². The third-order valence-corrected chi connectivity index (χ3v) is 3.68. The smallest absolute Gasteiger partial charge is 0.0415 e. The van der Waals surface area contributed by atoms with Gasteiger partial charge in [0.2, 0.25) is 0 Å². The van der Waals surface area contributed by atoms with E-state index < -0.39 is 0 Å². The lowest BCUT2D eigenvalue weighted by Gasteiger charge is -2.45. The molecule has 1 aromatic rings. The van der Waals surface area contributed by atoms with Crippen LogP contribution < -0.4 is 5.73 Å². The second-order valence-corrected chi connectivity index (χ2v) is 5.22. The fourth-order valence-corrected chi connectivity index (χ4v) is 2.76. The molecule has 0 aromatic heterocycles. The van der Waals surface area contributed by atoms with Gasteiger partial charge in [-0.1, -0.05) is 42.7 Å². The molecule has 1 heteroatoms. The Morgan fingerprint density at radius 1 is 1.20 bits per heavy atom. The highest BCUT2D eigenvalue weighted by atomic mass is 14.8. The maximum Gasteiger partial charge on any atom is 0.0415 e. The molecule has 0 aliphatic heterocycles. The first-order valence-electron chi connectivity index (χ1n) is 5.91. The predicted molar refractivity (Wildman–Crippen MR) is 64.8 cm³/mol. The zero-order chi connectivity index (χ0) is 11.1. The van der Waals surface area contributed by atoms with E-state index in [0.717, 1.165) is 18.8 Å². The average Bonchev–Trinajstić information content (AvgIpc) is 2.11. The van der Waals surface area contributed by atoms with Crippen LogP contribution in [0.1, 0.15) is 42.9 Å². The fourth-order valence-electron chi connectivity index (χ4n) is 2.76. The van der Waals surface area contributed by atoms with Crippen LogP contribution >= 0.6 is 0 Å². The number of hydrogen-bond donors (Lipinski definition) is 1. The van der Waals surface area contributed by atoms with E-state index in [-0.39, 0.29) is 5.54 Å². The van der Waals surface area contributed by atoms with E-state index in [1.807, 2.05) is 0 Å². The highest BCUT2D eigenvalue weighted by Gasteiger charge is 2.41. The minimum atomic E-state index is -0.0303. The van der Waals surface area contributed by atoms with Crippen LogP contribution in [0.5, 0.6) is 0 Å². The minimum Gasteiger partial charge on any atom is -0.321 e. The molecule has 1 saturated carbocycles. The topological polar surface area (TPSA) is 26.0 Å². The van der Waals surface area contributed by atoms with Crippen LogP contribution in [0.3, 0.4) is 0 Å². The van der Waals surface area contributed by atoms with Crippen LogP contribution in [0.25, 0.3) is 0 Å². The highest BCUT2D eigenvalue weighted by molar-refractivity contribution is 5.35. The molecule has 0 bridgehead atoms. The maximum atomic E-state index is 6.43. The summed E-state index contributed by atoms with van der Waals surface area (Å²) in [6, 6.07) is 6.71. The van der Waals surface area contributed by atoms with Crippen molar-refractivity contribution in [3.8, 4) is 0 Å². The Kier molecular flexibility index (Phi) is 2.59. The Morgan fingerprint density at radius 2 is 1.73 bits per heavy atom. The molecule has 2 rings (SSSR count). The molecule has 0 amide bonds. The summed E-state index contributed by atoms with van der Waals surface area (Å²) in [5, 5.41) is 0. The number of aryl methyl sites for hydroxylation is 2. The van der Waals surface area contributed by atoms with E-state index in [2.05, 4.69) is 39.0 Å². The van der Waals surface area contributed by atoms with E-state index in [1.54, 1.807) is 0 Å². The molecule has 15 heavy (non-hydrogen) atoms. The molecule has 1 nitrogen and oxygen atoms in total. The predicted octanol–water partition coefficient (Wildman–Crippen LogP) is 3.28. The van der Waals surface area contributed by atoms with E-state index in [4.69, 9.17) is 5.73 Å². The molecule has 1 aromatic carbocycles. The third-order valence-electron chi connectivity index (χ3n) is 3.68. The third kappa shape index (κ3) is 1.93. The van der Waals surface area contributed by atoms with Crippen molar-refractivity contribution >= 4 is 0 Å². The molecule has 2 N–H and O–H groups in total. The normalized spacial score (nSPS) is 30.0. The summed E-state index contributed by atoms with van der Waals surface area (Å²) >= 11 is 0. The summed E-state index contributed by atoms with van der Waals surface area (Å²) in [6.07, 6.45) is 3.59. The van der Waals surface area contributed by atoms with Crippen molar-refractivity contribution in [2.24, 2.45) is 11.7 Å². The first-order chi connectivity index (χ1) is 7.03. The number of hydrogen-bond acceptors (Lipinski definition) is 1. The lowest BCUT2D eigenvalue weighted by molar-refractivity contribution is 0.143. The molecule has 1 fully saturated rings. The van der Waals surface area contributed by atoms with E-state index in [1.165, 1.54) is 23.1 Å². The first kappa shape index (κ1) is 10.7. The summed E-state index contributed by atoms with van der Waals surface area (Å²) in [5.74, 6) is 0.843. The van der Waals surface area contributed by atoms with Crippen molar-refractivity contribution < 1.29 is 0 Å². The molecule has 82 valence electrons. The Morgan fingerprint density at radius 3 is 2.20 bits per heavy atom. The summed E-state index contributed by atoms with van der Waals surface area (Å²) in [5.41, 5.74) is 10.4. The van der Waals surface area contributed by atoms with E-state index in [0.29, 0.717) is 0 Å². The maximum absolute atomic E-state index is 6.43. The number of nitrogens with two attached hydrogens (primary N) is 1. The molecule has 1 aliphatic rings. The van der Waals surface area contributed by atoms with Gasteiger partial charge in [0.15, 0.2) is 0 Å². The van der Waals surface area contributed by atoms with Crippen molar-refractivity contribution in [1.82, 2.24) is 0 Å². The summed E-state index contributed by atoms with van der Waals surface area (Å²) in [4.78, 5) is 0. The number of rotatable bonds is 2. The lowest BCUT2D eigenvalue weighted by atomic mass is 9.64. The Balaban J connectivity index is 2.23. The van der Waals surface area contributed by atoms with Crippen LogP contribution in [-0.4, -0.2) is 0 Å². The molecule has 0 radical (unpaired) electrons. The summed E-state index contributed by atoms with van der Waals surface area (Å²) in [6.45, 7) is 6.55. The SMILES string of the molecule is CCC1CC(N)(c2cc(C)cc(C)c2)C1. The second kappa shape index (κ2) is 3.64. The highest BCUT2D eigenvalue weighted by Crippen LogP contribution is 2.45. The van der Waals surface area contributed by atoms with Gasteiger partial charge in [0.05, 0.1) is 0 Å². The van der Waals surface area contributed by atoms with Gasteiger partial charge in [-0.05, 0) is 38.2 Å². The van der Waals surface area contributed by atoms with Gasteiger partial charge in [-0.25, -0.2) is 0 Å². The zero-order valence-electron chi connectivity index (χ0n) is 10.0. The van der Waals surface area contributed by atoms with Crippen LogP contribution in [0, 0.1) is 19.8 Å². The molecule has 0 heterocycles. The minimum absolute atomic E-state index is 0.0303. The standard InChI is InChI=1S/C14H21N/c1-4-12-8-14(15,9-12)13-6-10(2)5-11(3)7-13/h5-7,12H,4,8-9,15H2,1-3H3. The summed E-state index contributed by atoms with van der Waals surface area (Å²) in [7, 11) is 0. The molecular weight excluding hydrogens is 182 g/mol. The van der Waals surface area contributed by atoms with Gasteiger partial charge < -0.3 is 5.73 Å². The van der Waals surface area contributed by atoms with E-state index >= 15 is 0 Å². The zero-order valence-corrected chi connectivity index (χ0v) is 10.0. The Labute approximate surface area is 92.7 Å². The molecule has 0 spiro atoms. The molecule has 0 saturated heterocycles. The van der Waals surface area contributed by atoms with Gasteiger partial charge in [0, 0.05) is 5.54 Å². The van der Waals surface area contributed by atoms with E-state index in [9.17, 15) is 0 Å². The van der Waals surface area contributed by atoms with Crippen molar-refractivity contribution in [3.05, 3.63) is 34.9 Å². The Hall–Kier alpha value is -0.820. The fraction of sp³-hybridized carbons (Fsp3) is 0.571. The van der Waals surface area contributed by atoms with Crippen LogP contribution in [0.15, 0.2) is 18.2 Å². The van der Waals surface area contributed by atoms with Crippen LogP contribution in [0.4, 0.5) is 0 Å². The quantitative estimate of drug-likeness (QED) is 0.784. The molecular formula is C14H21N. The van der Waals surface area contributed by atoms with Gasteiger partial charge in [0.1, 0.15) is 0 Å². The monoisotopic (exact) mass is 203 g/mol. The molecule has 1 aliphatic carbocycles. The van der Waals surface area contributed by atoms with Gasteiger partial charge in [-0.2, -0.15) is 0 Å². The van der Waals surface area contributed by atoms with Crippen molar-refractivity contribution in [1.29, 1.82) is 0 Å². The Bertz CT molecular complexity index is 341. The lowest BCUT2D eigenvalue weighted by Crippen LogP contribution is -2.48. The van der Waals surface area contributed by atoms with Gasteiger partial charge in [-0.3, -0.25) is 0 Å². The van der Waals surface area contributed by atoms with Crippen LogP contribution in [-0.2, 0) is 5.54 Å². The first-order valence-corrected chi connectivity index (χ1v) is 5.91. The number of benzene rings is 1. The largest absolute Gasteiger partial charge is 0.321 e. The molecule has 0 atom stereocenters. The van der Waals surface area contributed by atoms with Crippen molar-refractivity contribution in [3.63, 3.8) is 0 Å². The molecule has 0 unspecified atom stereocenters.